The van der Waals surface area contributed by atoms with E-state index in [9.17, 15) is 4.79 Å². The van der Waals surface area contributed by atoms with E-state index in [1.54, 1.807) is 11.3 Å². The number of ketones is 1. The molecule has 0 radical (unpaired) electrons. The number of nitrogens with zero attached hydrogens (tertiary/aromatic N) is 2. The Labute approximate surface area is 199 Å². The van der Waals surface area contributed by atoms with Crippen molar-refractivity contribution in [3.63, 3.8) is 0 Å². The molecule has 0 bridgehead atoms. The molecule has 1 fully saturated rings. The van der Waals surface area contributed by atoms with Crippen LogP contribution in [-0.4, -0.2) is 22.2 Å². The molecule has 3 nitrogen and oxygen atoms in total. The second-order valence-corrected chi connectivity index (χ2v) is 10.6. The highest BCUT2D eigenvalue weighted by Crippen LogP contribution is 2.42. The van der Waals surface area contributed by atoms with Crippen LogP contribution in [-0.2, 0) is 11.3 Å². The molecule has 0 amide bonds. The van der Waals surface area contributed by atoms with Crippen molar-refractivity contribution >= 4 is 34.1 Å². The summed E-state index contributed by atoms with van der Waals surface area (Å²) in [6, 6.07) is 24.9. The van der Waals surface area contributed by atoms with Crippen LogP contribution < -0.4 is 0 Å². The van der Waals surface area contributed by atoms with E-state index in [0.29, 0.717) is 6.54 Å². The number of Topliss-reactive ketones (excluding diaryl/α,β-unsaturated/α-hetero) is 1. The fourth-order valence-corrected chi connectivity index (χ4v) is 5.47. The Morgan fingerprint density at radius 3 is 2.58 bits per heavy atom. The minimum Gasteiger partial charge on any atom is -0.294 e. The molecule has 166 valence electrons. The van der Waals surface area contributed by atoms with Crippen molar-refractivity contribution in [3.05, 3.63) is 105 Å². The molecule has 3 heterocycles. The SMILES string of the molecule is Cc1ccc(C2C(=Cc3ccc4ccccc4n3)C(=O)C(C)(C)CN2Cc2cccs2)cc1. The van der Waals surface area contributed by atoms with Gasteiger partial charge in [0.15, 0.2) is 5.78 Å². The molecule has 1 saturated heterocycles. The van der Waals surface area contributed by atoms with Gasteiger partial charge in [0, 0.05) is 34.3 Å². The lowest BCUT2D eigenvalue weighted by Crippen LogP contribution is -2.48. The van der Waals surface area contributed by atoms with Crippen LogP contribution in [0.3, 0.4) is 0 Å². The zero-order valence-corrected chi connectivity index (χ0v) is 20.1. The van der Waals surface area contributed by atoms with Gasteiger partial charge >= 0.3 is 0 Å². The molecule has 1 unspecified atom stereocenters. The number of fused-ring (bicyclic) bond motifs is 1. The van der Waals surface area contributed by atoms with Crippen LogP contribution in [0, 0.1) is 12.3 Å². The summed E-state index contributed by atoms with van der Waals surface area (Å²) in [5.41, 5.74) is 4.47. The van der Waals surface area contributed by atoms with Crippen molar-refractivity contribution in [3.8, 4) is 0 Å². The van der Waals surface area contributed by atoms with Gasteiger partial charge in [-0.1, -0.05) is 74.0 Å². The Hall–Kier alpha value is -3.08. The van der Waals surface area contributed by atoms with Crippen molar-refractivity contribution in [1.29, 1.82) is 0 Å². The number of rotatable bonds is 4. The first-order valence-electron chi connectivity index (χ1n) is 11.4. The van der Waals surface area contributed by atoms with Gasteiger partial charge in [-0.2, -0.15) is 0 Å². The summed E-state index contributed by atoms with van der Waals surface area (Å²) in [5, 5.41) is 3.22. The number of aromatic nitrogens is 1. The van der Waals surface area contributed by atoms with Crippen molar-refractivity contribution < 1.29 is 4.79 Å². The highest BCUT2D eigenvalue weighted by Gasteiger charge is 2.44. The highest BCUT2D eigenvalue weighted by molar-refractivity contribution is 7.09. The van der Waals surface area contributed by atoms with E-state index in [0.717, 1.165) is 34.3 Å². The molecule has 1 atom stereocenters. The van der Waals surface area contributed by atoms with Gasteiger partial charge < -0.3 is 0 Å². The number of hydrogen-bond donors (Lipinski definition) is 0. The second-order valence-electron chi connectivity index (χ2n) is 9.54. The van der Waals surface area contributed by atoms with Gasteiger partial charge in [-0.3, -0.25) is 9.69 Å². The second kappa shape index (κ2) is 8.69. The first-order chi connectivity index (χ1) is 15.9. The van der Waals surface area contributed by atoms with Crippen LogP contribution in [0.5, 0.6) is 0 Å². The third-order valence-electron chi connectivity index (χ3n) is 6.39. The Morgan fingerprint density at radius 2 is 1.82 bits per heavy atom. The lowest BCUT2D eigenvalue weighted by molar-refractivity contribution is -0.128. The van der Waals surface area contributed by atoms with Gasteiger partial charge in [-0.25, -0.2) is 4.98 Å². The summed E-state index contributed by atoms with van der Waals surface area (Å²) in [6.07, 6.45) is 2.02. The number of benzene rings is 2. The van der Waals surface area contributed by atoms with E-state index in [1.165, 1.54) is 10.4 Å². The Morgan fingerprint density at radius 1 is 1.03 bits per heavy atom. The summed E-state index contributed by atoms with van der Waals surface area (Å²) >= 11 is 1.77. The summed E-state index contributed by atoms with van der Waals surface area (Å²) in [6.45, 7) is 7.74. The molecular weight excluding hydrogens is 424 g/mol. The molecule has 33 heavy (non-hydrogen) atoms. The van der Waals surface area contributed by atoms with E-state index in [2.05, 4.69) is 79.6 Å². The molecule has 4 heteroatoms. The van der Waals surface area contributed by atoms with Gasteiger partial charge in [0.1, 0.15) is 0 Å². The number of thiophene rings is 1. The predicted molar refractivity (Wildman–Crippen MR) is 137 cm³/mol. The average Bonchev–Trinajstić information content (AvgIpc) is 3.31. The normalized spacial score (nSPS) is 19.9. The zero-order valence-electron chi connectivity index (χ0n) is 19.3. The molecule has 1 aliphatic rings. The zero-order chi connectivity index (χ0) is 23.0. The topological polar surface area (TPSA) is 33.2 Å². The fraction of sp³-hybridized carbons (Fsp3) is 0.241. The lowest BCUT2D eigenvalue weighted by atomic mass is 9.74. The molecule has 0 spiro atoms. The first kappa shape index (κ1) is 21.7. The molecule has 0 N–H and O–H groups in total. The Bertz CT molecular complexity index is 1320. The Balaban J connectivity index is 1.65. The van der Waals surface area contributed by atoms with Crippen LogP contribution in [0.2, 0.25) is 0 Å². The maximum absolute atomic E-state index is 13.8. The monoisotopic (exact) mass is 452 g/mol. The van der Waals surface area contributed by atoms with E-state index in [1.807, 2.05) is 30.3 Å². The fourth-order valence-electron chi connectivity index (χ4n) is 4.74. The van der Waals surface area contributed by atoms with Crippen LogP contribution in [0.25, 0.3) is 17.0 Å². The molecule has 5 rings (SSSR count). The van der Waals surface area contributed by atoms with Gasteiger partial charge in [0.25, 0.3) is 0 Å². The smallest absolute Gasteiger partial charge is 0.167 e. The summed E-state index contributed by atoms with van der Waals surface area (Å²) in [5.74, 6) is 0.200. The van der Waals surface area contributed by atoms with Crippen LogP contribution in [0.15, 0.2) is 83.7 Å². The molecule has 2 aromatic carbocycles. The number of pyridine rings is 1. The molecular formula is C29H28N2OS. The van der Waals surface area contributed by atoms with E-state index < -0.39 is 5.41 Å². The minimum absolute atomic E-state index is 0.110. The summed E-state index contributed by atoms with van der Waals surface area (Å²) < 4.78 is 0. The van der Waals surface area contributed by atoms with Crippen molar-refractivity contribution in [1.82, 2.24) is 9.88 Å². The number of carbonyl (C=O) groups excluding carboxylic acids is 1. The van der Waals surface area contributed by atoms with Crippen molar-refractivity contribution in [2.45, 2.75) is 33.4 Å². The number of aryl methyl sites for hydroxylation is 1. The molecule has 4 aromatic rings. The van der Waals surface area contributed by atoms with E-state index in [4.69, 9.17) is 4.98 Å². The lowest BCUT2D eigenvalue weighted by Gasteiger charge is -2.44. The van der Waals surface area contributed by atoms with Crippen molar-refractivity contribution in [2.75, 3.05) is 6.54 Å². The van der Waals surface area contributed by atoms with E-state index in [-0.39, 0.29) is 11.8 Å². The van der Waals surface area contributed by atoms with Gasteiger partial charge in [0.2, 0.25) is 0 Å². The number of piperidine rings is 1. The largest absolute Gasteiger partial charge is 0.294 e. The van der Waals surface area contributed by atoms with Gasteiger partial charge in [-0.15, -0.1) is 11.3 Å². The van der Waals surface area contributed by atoms with E-state index >= 15 is 0 Å². The average molecular weight is 453 g/mol. The number of hydrogen-bond acceptors (Lipinski definition) is 4. The summed E-state index contributed by atoms with van der Waals surface area (Å²) in [4.78, 5) is 22.4. The first-order valence-corrected chi connectivity index (χ1v) is 12.2. The third-order valence-corrected chi connectivity index (χ3v) is 7.25. The molecule has 2 aromatic heterocycles. The molecule has 1 aliphatic heterocycles. The van der Waals surface area contributed by atoms with Crippen LogP contribution in [0.4, 0.5) is 0 Å². The Kier molecular flexibility index (Phi) is 5.73. The third kappa shape index (κ3) is 4.41. The number of carbonyl (C=O) groups is 1. The quantitative estimate of drug-likeness (QED) is 0.318. The van der Waals surface area contributed by atoms with Crippen molar-refractivity contribution in [2.24, 2.45) is 5.41 Å². The van der Waals surface area contributed by atoms with Gasteiger partial charge in [0.05, 0.1) is 17.3 Å². The highest BCUT2D eigenvalue weighted by atomic mass is 32.1. The standard InChI is InChI=1S/C29H28N2OS/c1-20-10-12-22(13-11-20)27-25(17-23-15-14-21-7-4-5-9-26(21)30-23)28(32)29(2,3)19-31(27)18-24-8-6-16-33-24/h4-17,27H,18-19H2,1-3H3. The maximum atomic E-state index is 13.8. The number of para-hydroxylation sites is 1. The van der Waals surface area contributed by atoms with Crippen LogP contribution in [0.1, 0.15) is 41.6 Å². The minimum atomic E-state index is -0.471. The maximum Gasteiger partial charge on any atom is 0.167 e. The predicted octanol–water partition coefficient (Wildman–Crippen LogP) is 6.84. The summed E-state index contributed by atoms with van der Waals surface area (Å²) in [7, 11) is 0. The van der Waals surface area contributed by atoms with Gasteiger partial charge in [-0.05, 0) is 42.1 Å². The number of likely N-dealkylation sites (tertiary alicyclic amines) is 1. The van der Waals surface area contributed by atoms with Crippen LogP contribution >= 0.6 is 11.3 Å². The molecule has 0 aliphatic carbocycles. The molecule has 0 saturated carbocycles.